The smallest absolute Gasteiger partial charge is 0.0553 e. The second-order valence-electron chi connectivity index (χ2n) is 16.1. The summed E-state index contributed by atoms with van der Waals surface area (Å²) >= 11 is 0. The fourth-order valence-corrected chi connectivity index (χ4v) is 10.6. The van der Waals surface area contributed by atoms with Crippen LogP contribution >= 0.6 is 0 Å². The first-order valence-corrected chi connectivity index (χ1v) is 20.2. The van der Waals surface area contributed by atoms with Gasteiger partial charge >= 0.3 is 0 Å². The quantitative estimate of drug-likeness (QED) is 0.160. The average Bonchev–Trinajstić information content (AvgIpc) is 3.81. The summed E-state index contributed by atoms with van der Waals surface area (Å²) < 4.78 is 4.99. The lowest BCUT2D eigenvalue weighted by molar-refractivity contribution is 1.19. The predicted octanol–water partition coefficient (Wildman–Crippen LogP) is 15.3. The molecule has 2 heteroatoms. The van der Waals surface area contributed by atoms with Gasteiger partial charge in [-0.25, -0.2) is 0 Å². The highest BCUT2D eigenvalue weighted by Gasteiger charge is 2.21. The molecule has 0 atom stereocenters. The van der Waals surface area contributed by atoms with Crippen LogP contribution < -0.4 is 0 Å². The van der Waals surface area contributed by atoms with E-state index in [2.05, 4.69) is 203 Å². The number of fused-ring (bicyclic) bond motifs is 6. The van der Waals surface area contributed by atoms with Crippen LogP contribution in [0, 0.1) is 0 Å². The zero-order valence-corrected chi connectivity index (χ0v) is 31.4. The molecule has 0 N–H and O–H groups in total. The first-order valence-electron chi connectivity index (χ1n) is 20.2. The molecule has 14 rings (SSSR count). The van der Waals surface area contributed by atoms with Crippen molar-refractivity contribution in [2.45, 2.75) is 0 Å². The molecule has 2 heterocycles. The van der Waals surface area contributed by atoms with E-state index in [1.807, 2.05) is 0 Å². The highest BCUT2D eigenvalue weighted by Crippen LogP contribution is 2.45. The van der Waals surface area contributed by atoms with Crippen LogP contribution in [0.2, 0.25) is 0 Å². The molecule has 0 saturated heterocycles. The molecule has 14 aromatic rings. The molecule has 266 valence electrons. The first-order chi connectivity index (χ1) is 28.7. The standard InChI is InChI=1S/C56H32N2/c1-3-11-45-33(7-1)15-19-37-29-43(23-25-47(37)45)57-49-13-5-9-35-17-21-39-27-41(31-51(57)55(39)53(35)49)42-28-40-22-18-36-10-6-14-50-54(36)56(40)52(32-42)58(50)44-24-26-48-38(30-44)20-16-34-8-2-4-12-46(34)48/h1-32H. The summed E-state index contributed by atoms with van der Waals surface area (Å²) in [6.45, 7) is 0. The summed E-state index contributed by atoms with van der Waals surface area (Å²) in [5.74, 6) is 0. The first kappa shape index (κ1) is 30.5. The van der Waals surface area contributed by atoms with Gasteiger partial charge in [-0.15, -0.1) is 0 Å². The lowest BCUT2D eigenvalue weighted by atomic mass is 9.94. The van der Waals surface area contributed by atoms with Crippen molar-refractivity contribution in [3.8, 4) is 22.5 Å². The van der Waals surface area contributed by atoms with Crippen molar-refractivity contribution >= 4 is 108 Å². The maximum absolute atomic E-state index is 2.49. The predicted molar refractivity (Wildman–Crippen MR) is 248 cm³/mol. The zero-order valence-electron chi connectivity index (χ0n) is 31.4. The maximum atomic E-state index is 2.49. The lowest BCUT2D eigenvalue weighted by Crippen LogP contribution is -1.95. The Morgan fingerprint density at radius 3 is 1.10 bits per heavy atom. The summed E-state index contributed by atoms with van der Waals surface area (Å²) in [5, 5.41) is 20.5. The Bertz CT molecular complexity index is 3760. The molecule has 0 fully saturated rings. The third kappa shape index (κ3) is 4.01. The van der Waals surface area contributed by atoms with Gasteiger partial charge in [0.1, 0.15) is 0 Å². The van der Waals surface area contributed by atoms with E-state index in [-0.39, 0.29) is 0 Å². The number of benzene rings is 12. The zero-order chi connectivity index (χ0) is 37.6. The number of rotatable bonds is 3. The monoisotopic (exact) mass is 732 g/mol. The number of nitrogens with zero attached hydrogens (tertiary/aromatic N) is 2. The van der Waals surface area contributed by atoms with Crippen molar-refractivity contribution in [2.24, 2.45) is 0 Å². The van der Waals surface area contributed by atoms with Crippen LogP contribution in [0.5, 0.6) is 0 Å². The van der Waals surface area contributed by atoms with Gasteiger partial charge in [-0.2, -0.15) is 0 Å². The Balaban J connectivity index is 1.03. The van der Waals surface area contributed by atoms with Crippen molar-refractivity contribution < 1.29 is 0 Å². The van der Waals surface area contributed by atoms with E-state index in [0.29, 0.717) is 0 Å². The van der Waals surface area contributed by atoms with Gasteiger partial charge in [0.25, 0.3) is 0 Å². The van der Waals surface area contributed by atoms with Crippen LogP contribution in [0.4, 0.5) is 0 Å². The molecule has 0 bridgehead atoms. The summed E-state index contributed by atoms with van der Waals surface area (Å²) in [7, 11) is 0. The fourth-order valence-electron chi connectivity index (χ4n) is 10.6. The van der Waals surface area contributed by atoms with Crippen LogP contribution in [0.15, 0.2) is 194 Å². The van der Waals surface area contributed by atoms with E-state index >= 15 is 0 Å². The molecule has 0 saturated carbocycles. The molecular formula is C56H32N2. The third-order valence-electron chi connectivity index (χ3n) is 13.1. The van der Waals surface area contributed by atoms with E-state index in [9.17, 15) is 0 Å². The topological polar surface area (TPSA) is 9.86 Å². The average molecular weight is 733 g/mol. The molecular weight excluding hydrogens is 701 g/mol. The summed E-state index contributed by atoms with van der Waals surface area (Å²) in [5.41, 5.74) is 9.71. The Morgan fingerprint density at radius 1 is 0.224 bits per heavy atom. The maximum Gasteiger partial charge on any atom is 0.0553 e. The van der Waals surface area contributed by atoms with Crippen molar-refractivity contribution in [1.82, 2.24) is 9.13 Å². The number of hydrogen-bond donors (Lipinski definition) is 0. The minimum absolute atomic E-state index is 1.18. The molecule has 0 radical (unpaired) electrons. The number of hydrogen-bond acceptors (Lipinski definition) is 0. The SMILES string of the molecule is c1ccc2c(c1)ccc1cc(-n3c4cccc5ccc6cc(-c7cc8ccc9cccc%10c9c8c(c7)n%10-c7ccc8c(ccc9ccccc98)c7)cc3c6c54)ccc12. The second-order valence-corrected chi connectivity index (χ2v) is 16.1. The van der Waals surface area contributed by atoms with Crippen molar-refractivity contribution in [1.29, 1.82) is 0 Å². The Labute approximate surface area is 332 Å². The van der Waals surface area contributed by atoms with Crippen molar-refractivity contribution in [2.75, 3.05) is 0 Å². The molecule has 0 unspecified atom stereocenters. The highest BCUT2D eigenvalue weighted by molar-refractivity contribution is 6.27. The van der Waals surface area contributed by atoms with E-state index < -0.39 is 0 Å². The van der Waals surface area contributed by atoms with E-state index in [4.69, 9.17) is 0 Å². The Kier molecular flexibility index (Phi) is 5.79. The molecule has 0 spiro atoms. The summed E-state index contributed by atoms with van der Waals surface area (Å²) in [4.78, 5) is 0. The Hall–Kier alpha value is -7.68. The minimum atomic E-state index is 1.18. The lowest BCUT2D eigenvalue weighted by Gasteiger charge is -2.13. The minimum Gasteiger partial charge on any atom is -0.309 e. The highest BCUT2D eigenvalue weighted by atomic mass is 15.0. The van der Waals surface area contributed by atoms with E-state index in [1.54, 1.807) is 0 Å². The van der Waals surface area contributed by atoms with Gasteiger partial charge in [0, 0.05) is 32.9 Å². The third-order valence-corrected chi connectivity index (χ3v) is 13.1. The van der Waals surface area contributed by atoms with Gasteiger partial charge in [0.15, 0.2) is 0 Å². The Morgan fingerprint density at radius 2 is 0.603 bits per heavy atom. The van der Waals surface area contributed by atoms with Gasteiger partial charge in [0.05, 0.1) is 22.1 Å². The van der Waals surface area contributed by atoms with Crippen LogP contribution in [0.25, 0.3) is 131 Å². The normalized spacial score (nSPS) is 12.5. The van der Waals surface area contributed by atoms with Crippen LogP contribution in [0.1, 0.15) is 0 Å². The largest absolute Gasteiger partial charge is 0.309 e. The molecule has 0 amide bonds. The van der Waals surface area contributed by atoms with Crippen LogP contribution in [-0.4, -0.2) is 9.13 Å². The van der Waals surface area contributed by atoms with Gasteiger partial charge in [-0.3, -0.25) is 0 Å². The van der Waals surface area contributed by atoms with Gasteiger partial charge < -0.3 is 9.13 Å². The summed E-state index contributed by atoms with van der Waals surface area (Å²) in [6, 6.07) is 72.8. The molecule has 58 heavy (non-hydrogen) atoms. The van der Waals surface area contributed by atoms with Crippen molar-refractivity contribution in [3.05, 3.63) is 194 Å². The van der Waals surface area contributed by atoms with Crippen molar-refractivity contribution in [3.63, 3.8) is 0 Å². The molecule has 0 aliphatic carbocycles. The van der Waals surface area contributed by atoms with E-state index in [1.165, 1.54) is 131 Å². The summed E-state index contributed by atoms with van der Waals surface area (Å²) in [6.07, 6.45) is 0. The van der Waals surface area contributed by atoms with E-state index in [0.717, 1.165) is 0 Å². The van der Waals surface area contributed by atoms with Gasteiger partial charge in [-0.05, 0) is 136 Å². The molecule has 2 aromatic heterocycles. The second kappa shape index (κ2) is 11.0. The van der Waals surface area contributed by atoms with Crippen LogP contribution in [-0.2, 0) is 0 Å². The van der Waals surface area contributed by atoms with Gasteiger partial charge in [0.2, 0.25) is 0 Å². The fraction of sp³-hybridized carbons (Fsp3) is 0. The molecule has 0 aliphatic rings. The van der Waals surface area contributed by atoms with Crippen LogP contribution in [0.3, 0.4) is 0 Å². The number of aromatic nitrogens is 2. The van der Waals surface area contributed by atoms with Gasteiger partial charge in [-0.1, -0.05) is 133 Å². The molecule has 12 aromatic carbocycles. The molecule has 2 nitrogen and oxygen atoms in total. The molecule has 0 aliphatic heterocycles.